The second-order valence-electron chi connectivity index (χ2n) is 3.82. The molecule has 0 unspecified atom stereocenters. The van der Waals surface area contributed by atoms with Gasteiger partial charge in [-0.3, -0.25) is 4.68 Å². The highest BCUT2D eigenvalue weighted by Crippen LogP contribution is 2.34. The third-order valence-corrected chi connectivity index (χ3v) is 2.92. The van der Waals surface area contributed by atoms with Crippen molar-refractivity contribution in [2.45, 2.75) is 20.8 Å². The van der Waals surface area contributed by atoms with Crippen molar-refractivity contribution in [1.29, 1.82) is 5.26 Å². The van der Waals surface area contributed by atoms with Crippen LogP contribution < -0.4 is 0 Å². The van der Waals surface area contributed by atoms with Crippen LogP contribution in [0.2, 0.25) is 5.02 Å². The maximum atomic E-state index is 14.1. The van der Waals surface area contributed by atoms with E-state index in [1.165, 1.54) is 10.9 Å². The van der Waals surface area contributed by atoms with E-state index < -0.39 is 11.6 Å². The van der Waals surface area contributed by atoms with Crippen LogP contribution in [0.25, 0.3) is 11.3 Å². The average Bonchev–Trinajstić information content (AvgIpc) is 2.76. The van der Waals surface area contributed by atoms with Gasteiger partial charge in [-0.2, -0.15) is 10.4 Å². The Morgan fingerprint density at radius 3 is 2.40 bits per heavy atom. The summed E-state index contributed by atoms with van der Waals surface area (Å²) in [6.45, 7) is 5.70. The highest BCUT2D eigenvalue weighted by Gasteiger charge is 2.22. The van der Waals surface area contributed by atoms with E-state index >= 15 is 0 Å². The minimum atomic E-state index is -0.848. The van der Waals surface area contributed by atoms with Gasteiger partial charge >= 0.3 is 0 Å². The molecule has 0 saturated heterocycles. The Labute approximate surface area is 121 Å². The number of aryl methyl sites for hydroxylation is 2. The van der Waals surface area contributed by atoms with Gasteiger partial charge in [-0.05, 0) is 18.6 Å². The number of aromatic nitrogens is 2. The molecule has 0 aliphatic rings. The van der Waals surface area contributed by atoms with E-state index in [4.69, 9.17) is 16.9 Å². The molecule has 1 aromatic heterocycles. The van der Waals surface area contributed by atoms with Crippen LogP contribution in [0.5, 0.6) is 0 Å². The Bertz CT molecular complexity index is 653. The lowest BCUT2D eigenvalue weighted by Gasteiger charge is -2.10. The number of nitriles is 1. The van der Waals surface area contributed by atoms with Crippen molar-refractivity contribution in [1.82, 2.24) is 9.78 Å². The first-order chi connectivity index (χ1) is 9.47. The monoisotopic (exact) mass is 297 g/mol. The quantitative estimate of drug-likeness (QED) is 0.739. The minimum Gasteiger partial charge on any atom is -0.268 e. The van der Waals surface area contributed by atoms with Gasteiger partial charge in [0.1, 0.15) is 17.4 Å². The number of benzene rings is 1. The van der Waals surface area contributed by atoms with E-state index in [0.29, 0.717) is 11.3 Å². The number of halogens is 3. The van der Waals surface area contributed by atoms with Crippen molar-refractivity contribution in [3.8, 4) is 17.3 Å². The molecular weight excluding hydrogens is 284 g/mol. The van der Waals surface area contributed by atoms with Crippen LogP contribution in [0.15, 0.2) is 12.3 Å². The molecule has 0 bridgehead atoms. The summed E-state index contributed by atoms with van der Waals surface area (Å²) >= 11 is 5.62. The van der Waals surface area contributed by atoms with Crippen molar-refractivity contribution in [3.63, 3.8) is 0 Å². The number of hydrogen-bond donors (Lipinski definition) is 0. The van der Waals surface area contributed by atoms with E-state index in [0.717, 1.165) is 6.07 Å². The SMILES string of the molecule is CC.Cc1cnn(C)c1-c1c(F)c(Cl)cc(F)c1C#N. The molecule has 2 rings (SSSR count). The fraction of sp³-hybridized carbons (Fsp3) is 0.286. The molecule has 0 radical (unpaired) electrons. The lowest BCUT2D eigenvalue weighted by Crippen LogP contribution is -2.02. The van der Waals surface area contributed by atoms with E-state index in [1.54, 1.807) is 20.0 Å². The minimum absolute atomic E-state index is 0.153. The highest BCUT2D eigenvalue weighted by molar-refractivity contribution is 6.31. The lowest BCUT2D eigenvalue weighted by atomic mass is 10.0. The average molecular weight is 298 g/mol. The Balaban J connectivity index is 0.000000956. The lowest BCUT2D eigenvalue weighted by molar-refractivity contribution is 0.598. The molecule has 1 heterocycles. The zero-order chi connectivity index (χ0) is 15.4. The third kappa shape index (κ3) is 2.66. The summed E-state index contributed by atoms with van der Waals surface area (Å²) in [6, 6.07) is 2.46. The summed E-state index contributed by atoms with van der Waals surface area (Å²) in [5.41, 5.74) is 0.448. The topological polar surface area (TPSA) is 41.6 Å². The van der Waals surface area contributed by atoms with Crippen LogP contribution in [0, 0.1) is 29.9 Å². The fourth-order valence-corrected chi connectivity index (χ4v) is 2.02. The predicted molar refractivity (Wildman–Crippen MR) is 74.4 cm³/mol. The van der Waals surface area contributed by atoms with Crippen LogP contribution in [-0.2, 0) is 7.05 Å². The van der Waals surface area contributed by atoms with Gasteiger partial charge in [-0.1, -0.05) is 25.4 Å². The highest BCUT2D eigenvalue weighted by atomic mass is 35.5. The molecule has 0 fully saturated rings. The van der Waals surface area contributed by atoms with Crippen molar-refractivity contribution in [2.24, 2.45) is 7.05 Å². The van der Waals surface area contributed by atoms with Gasteiger partial charge in [0.2, 0.25) is 0 Å². The summed E-state index contributed by atoms with van der Waals surface area (Å²) < 4.78 is 29.1. The Kier molecular flexibility index (Phi) is 5.23. The zero-order valence-corrected chi connectivity index (χ0v) is 12.4. The number of hydrogen-bond acceptors (Lipinski definition) is 2. The summed E-state index contributed by atoms with van der Waals surface area (Å²) in [7, 11) is 1.59. The maximum absolute atomic E-state index is 14.1. The smallest absolute Gasteiger partial charge is 0.152 e. The van der Waals surface area contributed by atoms with Gasteiger partial charge in [-0.15, -0.1) is 0 Å². The fourth-order valence-electron chi connectivity index (χ4n) is 1.83. The van der Waals surface area contributed by atoms with Crippen molar-refractivity contribution in [2.75, 3.05) is 0 Å². The molecule has 106 valence electrons. The molecule has 0 aliphatic carbocycles. The van der Waals surface area contributed by atoms with Crippen LogP contribution in [0.4, 0.5) is 8.78 Å². The number of nitrogens with zero attached hydrogens (tertiary/aromatic N) is 3. The van der Waals surface area contributed by atoms with E-state index in [2.05, 4.69) is 5.10 Å². The maximum Gasteiger partial charge on any atom is 0.152 e. The molecule has 0 atom stereocenters. The Hall–Kier alpha value is -1.93. The molecule has 0 saturated carbocycles. The second-order valence-corrected chi connectivity index (χ2v) is 4.22. The summed E-state index contributed by atoms with van der Waals surface area (Å²) in [5, 5.41) is 12.6. The summed E-state index contributed by atoms with van der Waals surface area (Å²) in [5.74, 6) is -1.67. The van der Waals surface area contributed by atoms with Crippen LogP contribution >= 0.6 is 11.6 Å². The van der Waals surface area contributed by atoms with Crippen molar-refractivity contribution in [3.05, 3.63) is 40.0 Å². The molecule has 1 aromatic carbocycles. The van der Waals surface area contributed by atoms with E-state index in [1.807, 2.05) is 13.8 Å². The molecule has 0 amide bonds. The first kappa shape index (κ1) is 16.1. The first-order valence-electron chi connectivity index (χ1n) is 6.04. The molecular formula is C14H14ClF2N3. The first-order valence-corrected chi connectivity index (χ1v) is 6.41. The van der Waals surface area contributed by atoms with Crippen LogP contribution in [0.3, 0.4) is 0 Å². The molecule has 0 N–H and O–H groups in total. The molecule has 0 aliphatic heterocycles. The van der Waals surface area contributed by atoms with Gasteiger partial charge in [0.15, 0.2) is 5.82 Å². The van der Waals surface area contributed by atoms with E-state index in [9.17, 15) is 8.78 Å². The molecule has 2 aromatic rings. The van der Waals surface area contributed by atoms with Crippen molar-refractivity contribution < 1.29 is 8.78 Å². The van der Waals surface area contributed by atoms with Gasteiger partial charge < -0.3 is 0 Å². The molecule has 3 nitrogen and oxygen atoms in total. The predicted octanol–water partition coefficient (Wildman–Crippen LogP) is 4.23. The Morgan fingerprint density at radius 1 is 1.35 bits per heavy atom. The van der Waals surface area contributed by atoms with Crippen LogP contribution in [0.1, 0.15) is 25.0 Å². The van der Waals surface area contributed by atoms with Crippen LogP contribution in [-0.4, -0.2) is 9.78 Å². The van der Waals surface area contributed by atoms with Gasteiger partial charge in [0, 0.05) is 7.05 Å². The largest absolute Gasteiger partial charge is 0.268 e. The molecule has 0 spiro atoms. The van der Waals surface area contributed by atoms with Gasteiger partial charge in [0.25, 0.3) is 0 Å². The van der Waals surface area contributed by atoms with Gasteiger partial charge in [-0.25, -0.2) is 8.78 Å². The Morgan fingerprint density at radius 2 is 1.95 bits per heavy atom. The number of rotatable bonds is 1. The molecule has 6 heteroatoms. The van der Waals surface area contributed by atoms with Crippen molar-refractivity contribution >= 4 is 11.6 Å². The van der Waals surface area contributed by atoms with Gasteiger partial charge in [0.05, 0.1) is 22.5 Å². The normalized spacial score (nSPS) is 9.70. The zero-order valence-electron chi connectivity index (χ0n) is 11.6. The molecule has 20 heavy (non-hydrogen) atoms. The summed E-state index contributed by atoms with van der Waals surface area (Å²) in [6.07, 6.45) is 1.51. The second kappa shape index (κ2) is 6.49. The third-order valence-electron chi connectivity index (χ3n) is 2.64. The standard InChI is InChI=1S/C12H8ClF2N3.C2H6/c1-6-5-17-18(2)12(6)10-7(4-16)9(14)3-8(13)11(10)15;1-2/h3,5H,1-2H3;1-2H3. The van der Waals surface area contributed by atoms with E-state index in [-0.39, 0.29) is 16.1 Å². The summed E-state index contributed by atoms with van der Waals surface area (Å²) in [4.78, 5) is 0.